The lowest BCUT2D eigenvalue weighted by Crippen LogP contribution is -2.38. The number of hydrogen-bond donors (Lipinski definition) is 1. The minimum Gasteiger partial charge on any atom is -0.327 e. The van der Waals surface area contributed by atoms with Gasteiger partial charge in [0, 0.05) is 19.0 Å². The average Bonchev–Trinajstić information content (AvgIpc) is 2.97. The maximum absolute atomic E-state index is 12.1. The topological polar surface area (TPSA) is 70.1 Å². The van der Waals surface area contributed by atoms with Crippen molar-refractivity contribution in [2.45, 2.75) is 37.8 Å². The summed E-state index contributed by atoms with van der Waals surface area (Å²) in [5.74, 6) is -0.000314. The van der Waals surface area contributed by atoms with Crippen LogP contribution >= 0.6 is 0 Å². The predicted octanol–water partition coefficient (Wildman–Crippen LogP) is 2.32. The van der Waals surface area contributed by atoms with Crippen LogP contribution in [0.2, 0.25) is 0 Å². The standard InChI is InChI=1S/C17H21N3O/c18-13-16-10-5-11-20(16)17(21)12-15(19)9-4-8-14-6-2-1-3-7-14/h1-4,6-8,15-16H,5,9-12,19H2. The smallest absolute Gasteiger partial charge is 0.225 e. The first-order valence-electron chi connectivity index (χ1n) is 7.37. The molecule has 1 aromatic carbocycles. The van der Waals surface area contributed by atoms with Gasteiger partial charge in [-0.1, -0.05) is 42.5 Å². The van der Waals surface area contributed by atoms with E-state index in [4.69, 9.17) is 11.0 Å². The maximum Gasteiger partial charge on any atom is 0.225 e. The number of hydrogen-bond acceptors (Lipinski definition) is 3. The lowest BCUT2D eigenvalue weighted by atomic mass is 10.1. The monoisotopic (exact) mass is 283 g/mol. The molecule has 1 heterocycles. The summed E-state index contributed by atoms with van der Waals surface area (Å²) in [7, 11) is 0. The minimum absolute atomic E-state index is 0.000314. The first-order valence-corrected chi connectivity index (χ1v) is 7.37. The van der Waals surface area contributed by atoms with Crippen molar-refractivity contribution in [3.05, 3.63) is 42.0 Å². The molecular weight excluding hydrogens is 262 g/mol. The van der Waals surface area contributed by atoms with Crippen molar-refractivity contribution in [1.29, 1.82) is 5.26 Å². The first kappa shape index (κ1) is 15.3. The van der Waals surface area contributed by atoms with Crippen molar-refractivity contribution in [2.24, 2.45) is 5.73 Å². The van der Waals surface area contributed by atoms with Gasteiger partial charge in [-0.2, -0.15) is 5.26 Å². The molecule has 4 heteroatoms. The summed E-state index contributed by atoms with van der Waals surface area (Å²) in [6.45, 7) is 0.684. The van der Waals surface area contributed by atoms with Gasteiger partial charge in [0.05, 0.1) is 6.07 Å². The van der Waals surface area contributed by atoms with Gasteiger partial charge in [0.15, 0.2) is 0 Å². The molecule has 4 nitrogen and oxygen atoms in total. The fraction of sp³-hybridized carbons (Fsp3) is 0.412. The number of carbonyl (C=O) groups is 1. The molecule has 1 aliphatic heterocycles. The largest absolute Gasteiger partial charge is 0.327 e. The Morgan fingerprint density at radius 2 is 2.24 bits per heavy atom. The van der Waals surface area contributed by atoms with E-state index in [1.807, 2.05) is 42.5 Å². The van der Waals surface area contributed by atoms with Gasteiger partial charge in [-0.15, -0.1) is 0 Å². The van der Waals surface area contributed by atoms with Crippen LogP contribution in [0, 0.1) is 11.3 Å². The highest BCUT2D eigenvalue weighted by atomic mass is 16.2. The van der Waals surface area contributed by atoms with Gasteiger partial charge in [-0.25, -0.2) is 0 Å². The molecule has 1 amide bonds. The van der Waals surface area contributed by atoms with Crippen LogP contribution in [0.25, 0.3) is 6.08 Å². The summed E-state index contributed by atoms with van der Waals surface area (Å²) < 4.78 is 0. The van der Waals surface area contributed by atoms with Gasteiger partial charge in [-0.05, 0) is 24.8 Å². The molecule has 2 rings (SSSR count). The molecule has 1 saturated heterocycles. The lowest BCUT2D eigenvalue weighted by Gasteiger charge is -2.21. The highest BCUT2D eigenvalue weighted by Crippen LogP contribution is 2.18. The number of benzene rings is 1. The molecule has 2 unspecified atom stereocenters. The van der Waals surface area contributed by atoms with Gasteiger partial charge >= 0.3 is 0 Å². The van der Waals surface area contributed by atoms with Crippen LogP contribution in [0.5, 0.6) is 0 Å². The molecule has 1 fully saturated rings. The summed E-state index contributed by atoms with van der Waals surface area (Å²) in [5.41, 5.74) is 7.14. The number of likely N-dealkylation sites (tertiary alicyclic amines) is 1. The normalized spacial score (nSPS) is 19.6. The molecule has 1 aromatic rings. The molecule has 2 N–H and O–H groups in total. The molecule has 0 radical (unpaired) electrons. The zero-order chi connectivity index (χ0) is 15.1. The molecule has 1 aliphatic rings. The van der Waals surface area contributed by atoms with Crippen LogP contribution in [-0.4, -0.2) is 29.4 Å². The number of nitrogens with zero attached hydrogens (tertiary/aromatic N) is 2. The van der Waals surface area contributed by atoms with Crippen molar-refractivity contribution < 1.29 is 4.79 Å². The summed E-state index contributed by atoms with van der Waals surface area (Å²) in [5, 5.41) is 9.00. The van der Waals surface area contributed by atoms with E-state index in [1.54, 1.807) is 4.90 Å². The number of nitriles is 1. The van der Waals surface area contributed by atoms with Crippen molar-refractivity contribution >= 4 is 12.0 Å². The first-order chi connectivity index (χ1) is 10.2. The van der Waals surface area contributed by atoms with Gasteiger partial charge < -0.3 is 10.6 Å². The Balaban J connectivity index is 1.79. The predicted molar refractivity (Wildman–Crippen MR) is 83.0 cm³/mol. The number of rotatable bonds is 5. The van der Waals surface area contributed by atoms with Crippen LogP contribution in [0.1, 0.15) is 31.2 Å². The van der Waals surface area contributed by atoms with E-state index in [2.05, 4.69) is 6.07 Å². The zero-order valence-electron chi connectivity index (χ0n) is 12.1. The van der Waals surface area contributed by atoms with Crippen LogP contribution in [-0.2, 0) is 4.79 Å². The molecule has 21 heavy (non-hydrogen) atoms. The van der Waals surface area contributed by atoms with E-state index < -0.39 is 0 Å². The van der Waals surface area contributed by atoms with Crippen molar-refractivity contribution in [3.8, 4) is 6.07 Å². The van der Waals surface area contributed by atoms with Crippen LogP contribution < -0.4 is 5.73 Å². The number of nitrogens with two attached hydrogens (primary N) is 1. The third-order valence-corrected chi connectivity index (χ3v) is 3.71. The zero-order valence-corrected chi connectivity index (χ0v) is 12.1. The molecule has 0 saturated carbocycles. The Labute approximate surface area is 125 Å². The fourth-order valence-electron chi connectivity index (χ4n) is 2.57. The van der Waals surface area contributed by atoms with Gasteiger partial charge in [0.1, 0.15) is 6.04 Å². The van der Waals surface area contributed by atoms with E-state index in [9.17, 15) is 4.79 Å². The van der Waals surface area contributed by atoms with Gasteiger partial charge in [0.2, 0.25) is 5.91 Å². The van der Waals surface area contributed by atoms with Crippen LogP contribution in [0.3, 0.4) is 0 Å². The second-order valence-corrected chi connectivity index (χ2v) is 5.39. The molecule has 0 aromatic heterocycles. The Morgan fingerprint density at radius 3 is 2.95 bits per heavy atom. The Kier molecular flexibility index (Phi) is 5.53. The highest BCUT2D eigenvalue weighted by molar-refractivity contribution is 5.77. The Bertz CT molecular complexity index is 533. The van der Waals surface area contributed by atoms with Gasteiger partial charge in [0.25, 0.3) is 0 Å². The van der Waals surface area contributed by atoms with Crippen LogP contribution in [0.4, 0.5) is 0 Å². The van der Waals surface area contributed by atoms with E-state index >= 15 is 0 Å². The van der Waals surface area contributed by atoms with E-state index in [-0.39, 0.29) is 18.0 Å². The molecule has 0 bridgehead atoms. The fourth-order valence-corrected chi connectivity index (χ4v) is 2.57. The summed E-state index contributed by atoms with van der Waals surface area (Å²) in [4.78, 5) is 13.8. The number of carbonyl (C=O) groups excluding carboxylic acids is 1. The molecule has 0 spiro atoms. The molecule has 0 aliphatic carbocycles. The third kappa shape index (κ3) is 4.44. The van der Waals surface area contributed by atoms with E-state index in [0.29, 0.717) is 19.4 Å². The quantitative estimate of drug-likeness (QED) is 0.901. The van der Waals surface area contributed by atoms with Crippen molar-refractivity contribution in [3.63, 3.8) is 0 Å². The highest BCUT2D eigenvalue weighted by Gasteiger charge is 2.28. The molecule has 110 valence electrons. The second-order valence-electron chi connectivity index (χ2n) is 5.39. The second kappa shape index (κ2) is 7.61. The summed E-state index contributed by atoms with van der Waals surface area (Å²) >= 11 is 0. The summed E-state index contributed by atoms with van der Waals surface area (Å²) in [6.07, 6.45) is 6.67. The number of amides is 1. The lowest BCUT2D eigenvalue weighted by molar-refractivity contribution is -0.131. The van der Waals surface area contributed by atoms with Crippen molar-refractivity contribution in [1.82, 2.24) is 4.90 Å². The Morgan fingerprint density at radius 1 is 1.48 bits per heavy atom. The minimum atomic E-state index is -0.260. The van der Waals surface area contributed by atoms with Gasteiger partial charge in [-0.3, -0.25) is 4.79 Å². The SMILES string of the molecule is N#CC1CCCN1C(=O)CC(N)CC=Cc1ccccc1. The van der Waals surface area contributed by atoms with E-state index in [0.717, 1.165) is 18.4 Å². The van der Waals surface area contributed by atoms with Crippen LogP contribution in [0.15, 0.2) is 36.4 Å². The molecule has 2 atom stereocenters. The maximum atomic E-state index is 12.1. The molecular formula is C17H21N3O. The van der Waals surface area contributed by atoms with Crippen molar-refractivity contribution in [2.75, 3.05) is 6.54 Å². The summed E-state index contributed by atoms with van der Waals surface area (Å²) in [6, 6.07) is 11.7. The van der Waals surface area contributed by atoms with E-state index in [1.165, 1.54) is 0 Å². The Hall–Kier alpha value is -2.12. The third-order valence-electron chi connectivity index (χ3n) is 3.71. The average molecular weight is 283 g/mol.